The van der Waals surface area contributed by atoms with Gasteiger partial charge >= 0.3 is 5.97 Å². The summed E-state index contributed by atoms with van der Waals surface area (Å²) in [6.45, 7) is 10.8. The Hall–Kier alpha value is -4.95. The molecular formula is C37H42FN5O5. The Morgan fingerprint density at radius 3 is 2.38 bits per heavy atom. The number of benzene rings is 3. The van der Waals surface area contributed by atoms with Crippen LogP contribution in [-0.4, -0.2) is 65.4 Å². The molecule has 3 aromatic rings. The lowest BCUT2D eigenvalue weighted by atomic mass is 10.0. The summed E-state index contributed by atoms with van der Waals surface area (Å²) in [4.78, 5) is 43.8. The second kappa shape index (κ2) is 14.4. The molecule has 252 valence electrons. The van der Waals surface area contributed by atoms with E-state index in [0.717, 1.165) is 24.2 Å². The molecule has 2 aliphatic heterocycles. The van der Waals surface area contributed by atoms with Crippen LogP contribution in [0.25, 0.3) is 0 Å². The van der Waals surface area contributed by atoms with Gasteiger partial charge < -0.3 is 25.0 Å². The zero-order valence-corrected chi connectivity index (χ0v) is 27.9. The van der Waals surface area contributed by atoms with Crippen LogP contribution in [0.1, 0.15) is 79.2 Å². The van der Waals surface area contributed by atoms with Gasteiger partial charge in [-0.25, -0.2) is 4.39 Å². The number of primary amides is 1. The van der Waals surface area contributed by atoms with Crippen molar-refractivity contribution in [1.82, 2.24) is 9.80 Å². The minimum Gasteiger partial charge on any atom is -0.489 e. The molecule has 10 nitrogen and oxygen atoms in total. The normalized spacial score (nSPS) is 16.2. The van der Waals surface area contributed by atoms with Crippen molar-refractivity contribution in [2.45, 2.75) is 71.4 Å². The van der Waals surface area contributed by atoms with E-state index in [4.69, 9.17) is 20.5 Å². The quantitative estimate of drug-likeness (QED) is 0.283. The summed E-state index contributed by atoms with van der Waals surface area (Å²) in [5.74, 6) is -1.29. The molecule has 0 aliphatic carbocycles. The Morgan fingerprint density at radius 1 is 1.04 bits per heavy atom. The van der Waals surface area contributed by atoms with Gasteiger partial charge in [0, 0.05) is 49.8 Å². The number of fused-ring (bicyclic) bond motifs is 1. The van der Waals surface area contributed by atoms with Crippen LogP contribution in [-0.2, 0) is 27.5 Å². The molecule has 2 unspecified atom stereocenters. The van der Waals surface area contributed by atoms with Crippen molar-refractivity contribution >= 4 is 23.5 Å². The van der Waals surface area contributed by atoms with E-state index in [0.29, 0.717) is 41.2 Å². The fourth-order valence-electron chi connectivity index (χ4n) is 6.26. The molecule has 2 N–H and O–H groups in total. The van der Waals surface area contributed by atoms with Crippen molar-refractivity contribution in [3.63, 3.8) is 0 Å². The second-order valence-electron chi connectivity index (χ2n) is 13.3. The summed E-state index contributed by atoms with van der Waals surface area (Å²) in [6, 6.07) is 19.2. The molecule has 1 fully saturated rings. The van der Waals surface area contributed by atoms with Crippen LogP contribution in [0.3, 0.4) is 0 Å². The molecular weight excluding hydrogens is 613 g/mol. The molecule has 0 radical (unpaired) electrons. The zero-order chi connectivity index (χ0) is 34.6. The highest BCUT2D eigenvalue weighted by molar-refractivity contribution is 6.01. The minimum atomic E-state index is -0.958. The SMILES string of the molecule is CC(c1ccc(COc2cccc3c2CN(C(CCC(=O)OC(C)(C)C)C(N)=O)C3=O)cc1)N1CCN(c2ccc(C#N)cc2F)CC1. The zero-order valence-electron chi connectivity index (χ0n) is 27.9. The van der Waals surface area contributed by atoms with Crippen LogP contribution in [0.5, 0.6) is 5.75 Å². The second-order valence-corrected chi connectivity index (χ2v) is 13.3. The van der Waals surface area contributed by atoms with Gasteiger partial charge in [-0.1, -0.05) is 30.3 Å². The average Bonchev–Trinajstić information content (AvgIpc) is 3.39. The lowest BCUT2D eigenvalue weighted by Gasteiger charge is -2.39. The number of esters is 1. The number of rotatable bonds is 11. The first-order valence-corrected chi connectivity index (χ1v) is 16.2. The fraction of sp³-hybridized carbons (Fsp3) is 0.405. The lowest BCUT2D eigenvalue weighted by Crippen LogP contribution is -2.47. The van der Waals surface area contributed by atoms with Crippen molar-refractivity contribution in [3.05, 3.63) is 94.3 Å². The highest BCUT2D eigenvalue weighted by Gasteiger charge is 2.37. The van der Waals surface area contributed by atoms with Crippen LogP contribution < -0.4 is 15.4 Å². The topological polar surface area (TPSA) is 129 Å². The van der Waals surface area contributed by atoms with E-state index >= 15 is 0 Å². The molecule has 3 aromatic carbocycles. The van der Waals surface area contributed by atoms with Gasteiger partial charge in [-0.3, -0.25) is 19.3 Å². The highest BCUT2D eigenvalue weighted by Crippen LogP contribution is 2.34. The van der Waals surface area contributed by atoms with E-state index < -0.39 is 23.5 Å². The Morgan fingerprint density at radius 2 is 1.75 bits per heavy atom. The van der Waals surface area contributed by atoms with Crippen LogP contribution >= 0.6 is 0 Å². The Bertz CT molecular complexity index is 1710. The van der Waals surface area contributed by atoms with Gasteiger partial charge in [-0.05, 0) is 75.6 Å². The summed E-state index contributed by atoms with van der Waals surface area (Å²) in [5, 5.41) is 9.02. The minimum absolute atomic E-state index is 0.0439. The number of carbonyl (C=O) groups excluding carboxylic acids is 3. The largest absolute Gasteiger partial charge is 0.489 e. The van der Waals surface area contributed by atoms with Crippen molar-refractivity contribution in [1.29, 1.82) is 5.26 Å². The molecule has 2 atom stereocenters. The molecule has 0 spiro atoms. The molecule has 0 bridgehead atoms. The van der Waals surface area contributed by atoms with E-state index in [2.05, 4.69) is 24.0 Å². The first-order valence-electron chi connectivity index (χ1n) is 16.2. The Labute approximate surface area is 280 Å². The van der Waals surface area contributed by atoms with Gasteiger partial charge in [0.25, 0.3) is 5.91 Å². The Kier molecular flexibility index (Phi) is 10.3. The average molecular weight is 656 g/mol. The number of ether oxygens (including phenoxy) is 2. The van der Waals surface area contributed by atoms with E-state index in [1.54, 1.807) is 51.1 Å². The van der Waals surface area contributed by atoms with Crippen LogP contribution in [0, 0.1) is 17.1 Å². The number of nitrogens with two attached hydrogens (primary N) is 1. The standard InChI is InChI=1S/C37H42FN5O5/c1-24(41-16-18-42(19-17-41)31-13-10-26(21-39)20-30(31)38)27-11-8-25(9-12-27)23-47-33-7-5-6-28-29(33)22-43(36(28)46)32(35(40)45)14-15-34(44)48-37(2,3)4/h5-13,20,24,32H,14-19,22-23H2,1-4H3,(H2,40,45). The molecule has 48 heavy (non-hydrogen) atoms. The number of nitrogens with zero attached hydrogens (tertiary/aromatic N) is 4. The molecule has 2 aliphatic rings. The molecule has 2 heterocycles. The first kappa shape index (κ1) is 34.4. The maximum atomic E-state index is 14.5. The van der Waals surface area contributed by atoms with E-state index in [-0.39, 0.29) is 43.8 Å². The number of nitriles is 1. The smallest absolute Gasteiger partial charge is 0.306 e. The van der Waals surface area contributed by atoms with Crippen molar-refractivity contribution in [3.8, 4) is 11.8 Å². The number of hydrogen-bond acceptors (Lipinski definition) is 8. The summed E-state index contributed by atoms with van der Waals surface area (Å²) < 4.78 is 26.1. The van der Waals surface area contributed by atoms with Gasteiger partial charge in [0.05, 0.1) is 23.9 Å². The molecule has 5 rings (SSSR count). The summed E-state index contributed by atoms with van der Waals surface area (Å²) in [7, 11) is 0. The van der Waals surface area contributed by atoms with Gasteiger partial charge in [0.2, 0.25) is 5.91 Å². The molecule has 11 heteroatoms. The van der Waals surface area contributed by atoms with Gasteiger partial charge in [0.15, 0.2) is 0 Å². The molecule has 1 saturated heterocycles. The van der Waals surface area contributed by atoms with Gasteiger partial charge in [0.1, 0.15) is 29.8 Å². The third-order valence-corrected chi connectivity index (χ3v) is 8.84. The van der Waals surface area contributed by atoms with Crippen LogP contribution in [0.4, 0.5) is 10.1 Å². The highest BCUT2D eigenvalue weighted by atomic mass is 19.1. The number of amides is 2. The molecule has 0 saturated carbocycles. The third kappa shape index (κ3) is 7.94. The molecule has 0 aromatic heterocycles. The Balaban J connectivity index is 1.16. The van der Waals surface area contributed by atoms with E-state index in [1.807, 2.05) is 23.1 Å². The van der Waals surface area contributed by atoms with Crippen molar-refractivity contribution < 1.29 is 28.2 Å². The van der Waals surface area contributed by atoms with Crippen molar-refractivity contribution in [2.24, 2.45) is 5.73 Å². The number of carbonyl (C=O) groups is 3. The summed E-state index contributed by atoms with van der Waals surface area (Å²) in [6.07, 6.45) is 0.0219. The summed E-state index contributed by atoms with van der Waals surface area (Å²) in [5.41, 5.74) is 9.10. The number of hydrogen-bond donors (Lipinski definition) is 1. The maximum absolute atomic E-state index is 14.5. The predicted octanol–water partition coefficient (Wildman–Crippen LogP) is 5.09. The summed E-state index contributed by atoms with van der Waals surface area (Å²) >= 11 is 0. The van der Waals surface area contributed by atoms with Gasteiger partial charge in [-0.15, -0.1) is 0 Å². The van der Waals surface area contributed by atoms with Crippen LogP contribution in [0.2, 0.25) is 0 Å². The van der Waals surface area contributed by atoms with E-state index in [1.165, 1.54) is 11.0 Å². The predicted molar refractivity (Wildman–Crippen MR) is 178 cm³/mol. The van der Waals surface area contributed by atoms with Crippen LogP contribution in [0.15, 0.2) is 60.7 Å². The number of anilines is 1. The number of piperazine rings is 1. The van der Waals surface area contributed by atoms with E-state index in [9.17, 15) is 18.8 Å². The monoisotopic (exact) mass is 655 g/mol. The van der Waals surface area contributed by atoms with Crippen molar-refractivity contribution in [2.75, 3.05) is 31.1 Å². The van der Waals surface area contributed by atoms with Gasteiger partial charge in [-0.2, -0.15) is 5.26 Å². The molecule has 2 amide bonds. The maximum Gasteiger partial charge on any atom is 0.306 e. The first-order chi connectivity index (χ1) is 22.8. The fourth-order valence-corrected chi connectivity index (χ4v) is 6.26. The third-order valence-electron chi connectivity index (χ3n) is 8.84. The lowest BCUT2D eigenvalue weighted by molar-refractivity contribution is -0.155. The number of halogens is 1.